The Morgan fingerprint density at radius 3 is 1.91 bits per heavy atom. The van der Waals surface area contributed by atoms with Gasteiger partial charge in [0.2, 0.25) is 12.6 Å². The highest BCUT2D eigenvalue weighted by molar-refractivity contribution is 5.86. The number of hydrogen-bond acceptors (Lipinski definition) is 20. The zero-order valence-electron chi connectivity index (χ0n) is 27.7. The summed E-state index contributed by atoms with van der Waals surface area (Å²) < 4.78 is 38.8. The zero-order valence-corrected chi connectivity index (χ0v) is 27.7. The van der Waals surface area contributed by atoms with Crippen LogP contribution in [0.1, 0.15) is 6.92 Å². The summed E-state index contributed by atoms with van der Waals surface area (Å²) in [5.74, 6) is -1.72. The normalized spacial score (nSPS) is 37.8. The molecule has 3 saturated heterocycles. The van der Waals surface area contributed by atoms with E-state index in [9.17, 15) is 66.1 Å². The van der Waals surface area contributed by atoms with Crippen LogP contribution in [0.3, 0.4) is 0 Å². The third-order valence-electron chi connectivity index (χ3n) is 9.27. The van der Waals surface area contributed by atoms with Gasteiger partial charge in [0.15, 0.2) is 23.2 Å². The lowest BCUT2D eigenvalue weighted by Crippen LogP contribution is -2.61. The third kappa shape index (κ3) is 7.65. The topological polar surface area (TPSA) is 328 Å². The zero-order chi connectivity index (χ0) is 38.5. The number of aromatic hydroxyl groups is 2. The smallest absolute Gasteiger partial charge is 0.229 e. The molecule has 0 amide bonds. The van der Waals surface area contributed by atoms with Crippen molar-refractivity contribution in [3.63, 3.8) is 0 Å². The summed E-state index contributed by atoms with van der Waals surface area (Å²) in [6.45, 7) is 0.180. The molecule has 0 unspecified atom stereocenters. The first-order valence-corrected chi connectivity index (χ1v) is 16.4. The van der Waals surface area contributed by atoms with Crippen molar-refractivity contribution < 1.29 is 94.1 Å². The highest BCUT2D eigenvalue weighted by Gasteiger charge is 2.48. The van der Waals surface area contributed by atoms with Crippen molar-refractivity contribution in [1.82, 2.24) is 0 Å². The Morgan fingerprint density at radius 1 is 0.642 bits per heavy atom. The Bertz CT molecular complexity index is 1800. The number of aliphatic hydroxyl groups excluding tert-OH is 10. The maximum Gasteiger partial charge on any atom is 0.229 e. The molecule has 3 aromatic rings. The maximum atomic E-state index is 13.1. The SMILES string of the molecule is C[C@@H]1O[C@@H](OC[C@@H]2O[C@@H](Oc3cc(O)c4c(=O)cc(-c5ccc(O[C@@H]6O[C@@H](CO)[C@@H](O)[C@@H](O)[C@@H]6O)c(O)c5)oc4c3)[C@H](O)[C@@H](O)[C@@H]2O)[C@H](O)[C@@H](O)[C@H]1O. The molecule has 0 bridgehead atoms. The Hall–Kier alpha value is -3.71. The van der Waals surface area contributed by atoms with E-state index in [1.54, 1.807) is 0 Å². The molecule has 0 saturated carbocycles. The second-order valence-corrected chi connectivity index (χ2v) is 12.9. The summed E-state index contributed by atoms with van der Waals surface area (Å²) in [7, 11) is 0. The van der Waals surface area contributed by atoms with Crippen LogP contribution in [0.25, 0.3) is 22.3 Å². The van der Waals surface area contributed by atoms with Crippen LogP contribution in [-0.2, 0) is 18.9 Å². The molecule has 0 radical (unpaired) electrons. The predicted molar refractivity (Wildman–Crippen MR) is 171 cm³/mol. The van der Waals surface area contributed by atoms with Crippen LogP contribution in [0.2, 0.25) is 0 Å². The lowest BCUT2D eigenvalue weighted by Gasteiger charge is -2.42. The highest BCUT2D eigenvalue weighted by Crippen LogP contribution is 2.37. The van der Waals surface area contributed by atoms with Crippen LogP contribution in [0.4, 0.5) is 0 Å². The molecule has 0 spiro atoms. The Kier molecular flexibility index (Phi) is 11.5. The summed E-state index contributed by atoms with van der Waals surface area (Å²) in [4.78, 5) is 13.1. The Balaban J connectivity index is 1.19. The second kappa shape index (κ2) is 15.6. The van der Waals surface area contributed by atoms with Crippen molar-refractivity contribution in [1.29, 1.82) is 0 Å². The van der Waals surface area contributed by atoms with Gasteiger partial charge in [-0.05, 0) is 25.1 Å². The highest BCUT2D eigenvalue weighted by atomic mass is 16.7. The maximum absolute atomic E-state index is 13.1. The van der Waals surface area contributed by atoms with Crippen LogP contribution >= 0.6 is 0 Å². The molecule has 6 rings (SSSR count). The minimum atomic E-state index is -1.85. The van der Waals surface area contributed by atoms with Gasteiger partial charge in [0, 0.05) is 23.8 Å². The fourth-order valence-corrected chi connectivity index (χ4v) is 6.14. The minimum Gasteiger partial charge on any atom is -0.507 e. The van der Waals surface area contributed by atoms with E-state index >= 15 is 0 Å². The lowest BCUT2D eigenvalue weighted by atomic mass is 9.98. The number of phenols is 2. The van der Waals surface area contributed by atoms with Crippen molar-refractivity contribution in [2.45, 2.75) is 99.0 Å². The van der Waals surface area contributed by atoms with E-state index in [2.05, 4.69) is 0 Å². The summed E-state index contributed by atoms with van der Waals surface area (Å²) in [5, 5.41) is 123. The number of rotatable bonds is 9. The van der Waals surface area contributed by atoms with Crippen LogP contribution < -0.4 is 14.9 Å². The van der Waals surface area contributed by atoms with Crippen molar-refractivity contribution in [3.8, 4) is 34.3 Å². The van der Waals surface area contributed by atoms with Gasteiger partial charge in [0.25, 0.3) is 0 Å². The van der Waals surface area contributed by atoms with E-state index in [0.29, 0.717) is 0 Å². The van der Waals surface area contributed by atoms with Crippen molar-refractivity contribution in [3.05, 3.63) is 46.6 Å². The van der Waals surface area contributed by atoms with Crippen LogP contribution in [0.15, 0.2) is 45.6 Å². The number of phenolic OH excluding ortho intramolecular Hbond substituents is 2. The van der Waals surface area contributed by atoms with Gasteiger partial charge in [-0.1, -0.05) is 0 Å². The van der Waals surface area contributed by atoms with Gasteiger partial charge in [-0.2, -0.15) is 0 Å². The molecular weight excluding hydrogens is 716 g/mol. The molecule has 20 nitrogen and oxygen atoms in total. The fraction of sp³-hybridized carbons (Fsp3) is 0.545. The molecule has 20 heteroatoms. The standard InChI is InChI=1S/C33H40O20/c1-10-22(38)25(41)28(44)31(48-10)47-9-20-24(40)27(43)29(45)32(53-20)49-12-5-14(36)21-15(37)7-17(50-18(21)6-12)11-2-3-16(13(35)4-11)51-33-30(46)26(42)23(39)19(8-34)52-33/h2-7,10,19-20,22-36,38-46H,8-9H2,1H3/t10-,19-,20-,22-,23+,24+,25-,26+,27-,28+,29+,30-,31+,32+,33+/m0/s1. The molecule has 2 aromatic carbocycles. The van der Waals surface area contributed by atoms with E-state index in [-0.39, 0.29) is 33.8 Å². The van der Waals surface area contributed by atoms with E-state index < -0.39 is 122 Å². The molecule has 292 valence electrons. The van der Waals surface area contributed by atoms with E-state index in [4.69, 9.17) is 32.8 Å². The summed E-state index contributed by atoms with van der Waals surface area (Å²) in [6, 6.07) is 6.91. The van der Waals surface area contributed by atoms with E-state index in [0.717, 1.165) is 24.3 Å². The second-order valence-electron chi connectivity index (χ2n) is 12.9. The van der Waals surface area contributed by atoms with Gasteiger partial charge in [-0.3, -0.25) is 4.79 Å². The number of fused-ring (bicyclic) bond motifs is 1. The Morgan fingerprint density at radius 2 is 1.25 bits per heavy atom. The number of aliphatic hydroxyl groups is 10. The van der Waals surface area contributed by atoms with Gasteiger partial charge >= 0.3 is 0 Å². The first kappa shape index (κ1) is 39.0. The third-order valence-corrected chi connectivity index (χ3v) is 9.27. The molecule has 4 heterocycles. The molecule has 3 fully saturated rings. The predicted octanol–water partition coefficient (Wildman–Crippen LogP) is -3.92. The summed E-state index contributed by atoms with van der Waals surface area (Å²) >= 11 is 0. The molecular formula is C33H40O20. The summed E-state index contributed by atoms with van der Waals surface area (Å²) in [5.41, 5.74) is -0.814. The number of ether oxygens (including phenoxy) is 6. The van der Waals surface area contributed by atoms with Gasteiger partial charge in [-0.15, -0.1) is 0 Å². The fourth-order valence-electron chi connectivity index (χ4n) is 6.14. The number of hydrogen-bond donors (Lipinski definition) is 12. The number of benzene rings is 2. The first-order chi connectivity index (χ1) is 25.1. The van der Waals surface area contributed by atoms with Crippen molar-refractivity contribution >= 4 is 11.0 Å². The van der Waals surface area contributed by atoms with E-state index in [1.165, 1.54) is 19.1 Å². The molecule has 1 aromatic heterocycles. The van der Waals surface area contributed by atoms with Crippen LogP contribution in [0, 0.1) is 0 Å². The van der Waals surface area contributed by atoms with Crippen molar-refractivity contribution in [2.75, 3.05) is 13.2 Å². The summed E-state index contributed by atoms with van der Waals surface area (Å²) in [6.07, 6.45) is -23.5. The van der Waals surface area contributed by atoms with Crippen LogP contribution in [-0.4, -0.2) is 167 Å². The molecule has 3 aliphatic heterocycles. The van der Waals surface area contributed by atoms with Crippen molar-refractivity contribution in [2.24, 2.45) is 0 Å². The molecule has 12 N–H and O–H groups in total. The minimum absolute atomic E-state index is 0.113. The largest absolute Gasteiger partial charge is 0.507 e. The Labute approximate surface area is 298 Å². The van der Waals surface area contributed by atoms with Gasteiger partial charge < -0.3 is 94.1 Å². The van der Waals surface area contributed by atoms with Gasteiger partial charge in [0.1, 0.15) is 95.4 Å². The van der Waals surface area contributed by atoms with Gasteiger partial charge in [-0.25, -0.2) is 0 Å². The van der Waals surface area contributed by atoms with Gasteiger partial charge in [0.05, 0.1) is 19.3 Å². The molecule has 53 heavy (non-hydrogen) atoms. The van der Waals surface area contributed by atoms with E-state index in [1.807, 2.05) is 0 Å². The first-order valence-electron chi connectivity index (χ1n) is 16.4. The average Bonchev–Trinajstić information content (AvgIpc) is 3.12. The van der Waals surface area contributed by atoms with Crippen LogP contribution in [0.5, 0.6) is 23.0 Å². The molecule has 15 atom stereocenters. The monoisotopic (exact) mass is 756 g/mol. The molecule has 3 aliphatic rings. The lowest BCUT2D eigenvalue weighted by molar-refractivity contribution is -0.318. The molecule has 0 aliphatic carbocycles. The average molecular weight is 757 g/mol. The quantitative estimate of drug-likeness (QED) is 0.0992.